The molecule has 9 aromatic rings. The van der Waals surface area contributed by atoms with Crippen LogP contribution in [0.2, 0.25) is 0 Å². The monoisotopic (exact) mass is 1250 g/mol. The molecule has 3 aliphatic carbocycles. The fourth-order valence-corrected chi connectivity index (χ4v) is 14.3. The van der Waals surface area contributed by atoms with Gasteiger partial charge in [0, 0.05) is 32.4 Å². The third-order valence-corrected chi connectivity index (χ3v) is 19.3. The zero-order chi connectivity index (χ0) is 60.7. The summed E-state index contributed by atoms with van der Waals surface area (Å²) in [6.07, 6.45) is 14.2. The van der Waals surface area contributed by atoms with Gasteiger partial charge in [0.25, 0.3) is 0 Å². The van der Waals surface area contributed by atoms with Gasteiger partial charge in [0.05, 0.1) is 39.6 Å². The number of hydrogen-bond acceptors (Lipinski definition) is 13. The van der Waals surface area contributed by atoms with Gasteiger partial charge in [0.1, 0.15) is 29.5 Å². The second-order valence-electron chi connectivity index (χ2n) is 22.2. The van der Waals surface area contributed by atoms with Gasteiger partial charge in [-0.15, -0.1) is 34.0 Å². The fraction of sp³-hybridized carbons (Fsp3) is 0.311. The third-order valence-electron chi connectivity index (χ3n) is 16.4. The number of ether oxygens (including phenoxy) is 4. The molecule has 6 atom stereocenters. The third kappa shape index (κ3) is 20.1. The minimum absolute atomic E-state index is 0. The first kappa shape index (κ1) is 69.2. The molecule has 3 aliphatic rings. The summed E-state index contributed by atoms with van der Waals surface area (Å²) in [7, 11) is 2.83. The van der Waals surface area contributed by atoms with Gasteiger partial charge in [0.15, 0.2) is 0 Å². The van der Waals surface area contributed by atoms with Crippen molar-refractivity contribution in [2.24, 2.45) is 0 Å². The van der Waals surface area contributed by atoms with E-state index in [1.54, 1.807) is 46.1 Å². The van der Waals surface area contributed by atoms with E-state index in [0.717, 1.165) is 94.9 Å². The maximum atomic E-state index is 11.9. The smallest absolute Gasteiger partial charge is 0.870 e. The van der Waals surface area contributed by atoms with Crippen molar-refractivity contribution in [2.75, 3.05) is 14.2 Å². The Morgan fingerprint density at radius 3 is 1.17 bits per heavy atom. The number of aromatic hydroxyl groups is 1. The number of esters is 2. The number of phenolic OH excluding ortho intramolecular Hbond substituents is 1. The predicted octanol–water partition coefficient (Wildman–Crippen LogP) is 14.9. The Morgan fingerprint density at radius 1 is 0.449 bits per heavy atom. The molecule has 3 aromatic heterocycles. The van der Waals surface area contributed by atoms with Crippen LogP contribution in [0.15, 0.2) is 198 Å². The molecule has 15 heteroatoms. The van der Waals surface area contributed by atoms with E-state index in [1.807, 2.05) is 107 Å². The van der Waals surface area contributed by atoms with Crippen LogP contribution in [0.4, 0.5) is 0 Å². The Hall–Kier alpha value is -7.25. The molecule has 11 nitrogen and oxygen atoms in total. The van der Waals surface area contributed by atoms with Gasteiger partial charge in [-0.1, -0.05) is 134 Å². The van der Waals surface area contributed by atoms with Crippen LogP contribution in [-0.2, 0) is 43.1 Å². The number of aliphatic hydroxyl groups excluding tert-OH is 1. The van der Waals surface area contributed by atoms with E-state index in [0.29, 0.717) is 12.8 Å². The molecule has 6 aromatic carbocycles. The van der Waals surface area contributed by atoms with Gasteiger partial charge >= 0.3 is 36.8 Å². The number of carbonyl (C=O) groups is 3. The minimum Gasteiger partial charge on any atom is -0.870 e. The second-order valence-corrected chi connectivity index (χ2v) is 25.1. The number of phenols is 1. The number of aliphatic hydroxyl groups is 1. The summed E-state index contributed by atoms with van der Waals surface area (Å²) in [5, 5.41) is 34.4. The number of aliphatic carboxylic acids is 1. The first-order chi connectivity index (χ1) is 42.5. The molecule has 6 unspecified atom stereocenters. The first-order valence-corrected chi connectivity index (χ1v) is 32.9. The maximum absolute atomic E-state index is 11.9. The van der Waals surface area contributed by atoms with Crippen LogP contribution in [-0.4, -0.2) is 52.9 Å². The minimum atomic E-state index is -0.784. The van der Waals surface area contributed by atoms with E-state index in [-0.39, 0.29) is 84.5 Å². The SMILES string of the molecule is COC(=O)CC(c1ccc(O)cc1)c1cccs1.COC(=O)CC(c1ccc(OC2CCCCc3ccccc32)cc1)c1cccs1.O=C(O)CC(c1ccc(OC2CCCCc3ccccc32)cc1)c1cccs1.OC1CCCCc2ccccc21.[Li+].[OH-]. The number of methoxy groups -OCH3 is 2. The normalized spacial score (nSPS) is 16.6. The summed E-state index contributed by atoms with van der Waals surface area (Å²) in [6.45, 7) is 0. The first-order valence-electron chi connectivity index (χ1n) is 30.2. The van der Waals surface area contributed by atoms with Gasteiger partial charge < -0.3 is 39.7 Å². The van der Waals surface area contributed by atoms with E-state index >= 15 is 0 Å². The van der Waals surface area contributed by atoms with Crippen LogP contribution in [0, 0.1) is 0 Å². The molecule has 0 saturated carbocycles. The Bertz CT molecular complexity index is 3520. The molecule has 4 N–H and O–H groups in total. The van der Waals surface area contributed by atoms with E-state index in [9.17, 15) is 29.7 Å². The van der Waals surface area contributed by atoms with E-state index in [1.165, 1.54) is 72.6 Å². The number of carbonyl (C=O) groups excluding carboxylic acids is 2. The van der Waals surface area contributed by atoms with Gasteiger partial charge in [-0.25, -0.2) is 0 Å². The zero-order valence-corrected chi connectivity index (χ0v) is 53.4. The summed E-state index contributed by atoms with van der Waals surface area (Å²) in [5.41, 5.74) is 11.0. The number of rotatable bonds is 16. The number of benzene rings is 6. The van der Waals surface area contributed by atoms with Gasteiger partial charge in [-0.2, -0.15) is 0 Å². The van der Waals surface area contributed by atoms with E-state index in [4.69, 9.17) is 18.9 Å². The van der Waals surface area contributed by atoms with Gasteiger partial charge in [0.2, 0.25) is 0 Å². The Labute approximate surface area is 547 Å². The summed E-state index contributed by atoms with van der Waals surface area (Å²) < 4.78 is 22.4. The van der Waals surface area contributed by atoms with Crippen molar-refractivity contribution in [3.05, 3.63) is 263 Å². The van der Waals surface area contributed by atoms with Crippen molar-refractivity contribution >= 4 is 51.9 Å². The molecule has 0 saturated heterocycles. The topological polar surface area (TPSA) is 179 Å². The number of hydrogen-bond donors (Lipinski definition) is 3. The van der Waals surface area contributed by atoms with Gasteiger partial charge in [-0.3, -0.25) is 14.4 Å². The molecule has 0 radical (unpaired) electrons. The van der Waals surface area contributed by atoms with Crippen molar-refractivity contribution in [2.45, 2.75) is 132 Å². The van der Waals surface area contributed by atoms with Crippen LogP contribution in [0.1, 0.15) is 178 Å². The van der Waals surface area contributed by atoms with Crippen molar-refractivity contribution in [1.29, 1.82) is 0 Å². The van der Waals surface area contributed by atoms with Crippen LogP contribution >= 0.6 is 34.0 Å². The van der Waals surface area contributed by atoms with Crippen LogP contribution < -0.4 is 28.3 Å². The molecule has 3 heterocycles. The molecule has 12 rings (SSSR count). The molecule has 0 aliphatic heterocycles. The number of thiophene rings is 3. The largest absolute Gasteiger partial charge is 1.00 e. The number of carboxylic acid groups (broad SMARTS) is 1. The average molecular weight is 1250 g/mol. The van der Waals surface area contributed by atoms with E-state index in [2.05, 4.69) is 78.9 Å². The predicted molar refractivity (Wildman–Crippen MR) is 351 cm³/mol. The standard InChI is InChI=1S/C25H26O3S.C24H24O3S.C14H14O3S.C11H14O.Li.H2O/c1-27-25(26)17-22(24-11-6-16-29-24)19-12-14-20(15-13-19)28-23-10-5-3-8-18-7-2-4-9-21(18)23;25-24(26)16-21(23-10-5-15-28-23)18-11-13-19(14-12-18)27-22-9-4-2-7-17-6-1-3-8-20(17)22;1-17-14(16)9-12(13-3-2-8-18-13)10-4-6-11(15)7-5-10;12-11-8-4-2-6-9-5-1-3-7-10(9)11;;/h2,4,6-7,9,11-16,22-23H,3,5,8,10,17H2,1H3;1,3,5-6,8,10-15,21-22H,2,4,7,9,16H2,(H,25,26);2-8,12,15H,9H2,1H3;1,3,5,7,11-12H,2,4,6,8H2;;1H2/q;;;;+1;/p-1. The summed E-state index contributed by atoms with van der Waals surface area (Å²) in [6, 6.07) is 60.6. The zero-order valence-electron chi connectivity index (χ0n) is 51.0. The van der Waals surface area contributed by atoms with Crippen molar-refractivity contribution in [3.63, 3.8) is 0 Å². The quantitative estimate of drug-likeness (QED) is 0.0476. The maximum Gasteiger partial charge on any atom is 1.00 e. The van der Waals surface area contributed by atoms with Crippen molar-refractivity contribution in [1.82, 2.24) is 0 Å². The molecular formula is C74H79LiO11S3. The van der Waals surface area contributed by atoms with Crippen LogP contribution in [0.25, 0.3) is 0 Å². The summed E-state index contributed by atoms with van der Waals surface area (Å²) in [5.74, 6) is 0.596. The fourth-order valence-electron chi connectivity index (χ4n) is 11.8. The average Bonchev–Trinajstić information content (AvgIpc) is 4.24. The Balaban J connectivity index is 0.000000176. The van der Waals surface area contributed by atoms with Crippen molar-refractivity contribution in [3.8, 4) is 17.2 Å². The van der Waals surface area contributed by atoms with Crippen LogP contribution in [0.5, 0.6) is 17.2 Å². The molecule has 460 valence electrons. The second kappa shape index (κ2) is 35.8. The van der Waals surface area contributed by atoms with Crippen molar-refractivity contribution < 1.29 is 73.0 Å². The molecular weight excluding hydrogens is 1170 g/mol. The molecule has 0 bridgehead atoms. The number of aryl methyl sites for hydroxylation is 3. The molecule has 0 fully saturated rings. The molecule has 0 spiro atoms. The summed E-state index contributed by atoms with van der Waals surface area (Å²) in [4.78, 5) is 38.1. The molecule has 0 amide bonds. The van der Waals surface area contributed by atoms with Gasteiger partial charge in [-0.05, 0) is 191 Å². The number of fused-ring (bicyclic) bond motifs is 3. The number of carboxylic acids is 1. The van der Waals surface area contributed by atoms with E-state index < -0.39 is 5.97 Å². The summed E-state index contributed by atoms with van der Waals surface area (Å²) >= 11 is 4.88. The Kier molecular flexibility index (Phi) is 27.9. The van der Waals surface area contributed by atoms with Crippen LogP contribution in [0.3, 0.4) is 0 Å². The molecule has 89 heavy (non-hydrogen) atoms. The Morgan fingerprint density at radius 2 is 0.798 bits per heavy atom.